The summed E-state index contributed by atoms with van der Waals surface area (Å²) in [7, 11) is 0. The van der Waals surface area contributed by atoms with E-state index in [2.05, 4.69) is 61.6 Å². The number of anilines is 1. The van der Waals surface area contributed by atoms with E-state index < -0.39 is 0 Å². The van der Waals surface area contributed by atoms with E-state index in [-0.39, 0.29) is 0 Å². The molecule has 0 radical (unpaired) electrons. The number of hydrogen-bond donors (Lipinski definition) is 1. The SMILES string of the molecule is C=CCN(c1ccnc(CNCC(C)C)c1)C(C)C. The lowest BCUT2D eigenvalue weighted by Gasteiger charge is -2.28. The Kier molecular flexibility index (Phi) is 6.57. The Balaban J connectivity index is 2.71. The monoisotopic (exact) mass is 261 g/mol. The maximum atomic E-state index is 4.42. The van der Waals surface area contributed by atoms with Crippen molar-refractivity contribution in [1.29, 1.82) is 0 Å². The molecule has 1 aromatic heterocycles. The number of nitrogens with zero attached hydrogens (tertiary/aromatic N) is 2. The third-order valence-electron chi connectivity index (χ3n) is 2.94. The lowest BCUT2D eigenvalue weighted by molar-refractivity contribution is 0.548. The van der Waals surface area contributed by atoms with E-state index in [0.29, 0.717) is 12.0 Å². The van der Waals surface area contributed by atoms with E-state index in [1.807, 2.05) is 12.3 Å². The molecule has 0 aliphatic rings. The minimum atomic E-state index is 0.455. The first kappa shape index (κ1) is 15.7. The van der Waals surface area contributed by atoms with Gasteiger partial charge in [-0.1, -0.05) is 19.9 Å². The third-order valence-corrected chi connectivity index (χ3v) is 2.94. The maximum Gasteiger partial charge on any atom is 0.0562 e. The summed E-state index contributed by atoms with van der Waals surface area (Å²) in [5, 5.41) is 3.43. The summed E-state index contributed by atoms with van der Waals surface area (Å²) in [6, 6.07) is 4.68. The fourth-order valence-electron chi connectivity index (χ4n) is 1.98. The quantitative estimate of drug-likeness (QED) is 0.728. The molecule has 0 atom stereocenters. The smallest absolute Gasteiger partial charge is 0.0562 e. The highest BCUT2D eigenvalue weighted by Crippen LogP contribution is 2.17. The number of hydrogen-bond acceptors (Lipinski definition) is 3. The fourth-order valence-corrected chi connectivity index (χ4v) is 1.98. The number of rotatable bonds is 8. The molecule has 3 heteroatoms. The first-order valence-corrected chi connectivity index (χ1v) is 7.07. The Bertz CT molecular complexity index is 385. The van der Waals surface area contributed by atoms with Gasteiger partial charge in [0.05, 0.1) is 5.69 Å². The molecule has 1 heterocycles. The van der Waals surface area contributed by atoms with E-state index in [0.717, 1.165) is 25.3 Å². The molecule has 0 spiro atoms. The maximum absolute atomic E-state index is 4.42. The molecule has 1 N–H and O–H groups in total. The van der Waals surface area contributed by atoms with Crippen LogP contribution in [-0.2, 0) is 6.54 Å². The van der Waals surface area contributed by atoms with Crippen molar-refractivity contribution in [1.82, 2.24) is 10.3 Å². The highest BCUT2D eigenvalue weighted by atomic mass is 15.1. The second kappa shape index (κ2) is 7.95. The average Bonchev–Trinajstić information content (AvgIpc) is 2.35. The lowest BCUT2D eigenvalue weighted by atomic mass is 10.2. The summed E-state index contributed by atoms with van der Waals surface area (Å²) in [6.45, 7) is 15.3. The number of pyridine rings is 1. The van der Waals surface area contributed by atoms with Crippen LogP contribution >= 0.6 is 0 Å². The Morgan fingerprint density at radius 3 is 2.68 bits per heavy atom. The molecular formula is C16H27N3. The van der Waals surface area contributed by atoms with E-state index in [4.69, 9.17) is 0 Å². The molecule has 0 aromatic carbocycles. The van der Waals surface area contributed by atoms with Gasteiger partial charge in [0.15, 0.2) is 0 Å². The molecule has 0 unspecified atom stereocenters. The van der Waals surface area contributed by atoms with Crippen molar-refractivity contribution in [2.24, 2.45) is 5.92 Å². The molecule has 0 bridgehead atoms. The Morgan fingerprint density at radius 2 is 2.11 bits per heavy atom. The van der Waals surface area contributed by atoms with Crippen molar-refractivity contribution in [3.8, 4) is 0 Å². The van der Waals surface area contributed by atoms with E-state index in [1.54, 1.807) is 0 Å². The topological polar surface area (TPSA) is 28.2 Å². The van der Waals surface area contributed by atoms with Crippen LogP contribution in [0.25, 0.3) is 0 Å². The van der Waals surface area contributed by atoms with Gasteiger partial charge in [0.1, 0.15) is 0 Å². The minimum Gasteiger partial charge on any atom is -0.365 e. The van der Waals surface area contributed by atoms with Crippen molar-refractivity contribution in [3.05, 3.63) is 36.7 Å². The standard InChI is InChI=1S/C16H27N3/c1-6-9-19(14(4)5)16-7-8-18-15(10-16)12-17-11-13(2)3/h6-8,10,13-14,17H,1,9,11-12H2,2-5H3. The number of aromatic nitrogens is 1. The van der Waals surface area contributed by atoms with Crippen LogP contribution in [0.2, 0.25) is 0 Å². The first-order chi connectivity index (χ1) is 9.04. The van der Waals surface area contributed by atoms with E-state index in [9.17, 15) is 0 Å². The normalized spacial score (nSPS) is 11.1. The van der Waals surface area contributed by atoms with Gasteiger partial charge in [-0.05, 0) is 38.4 Å². The van der Waals surface area contributed by atoms with Crippen molar-refractivity contribution < 1.29 is 0 Å². The van der Waals surface area contributed by atoms with Gasteiger partial charge in [-0.25, -0.2) is 0 Å². The summed E-state index contributed by atoms with van der Waals surface area (Å²) in [4.78, 5) is 6.74. The van der Waals surface area contributed by atoms with Crippen LogP contribution < -0.4 is 10.2 Å². The lowest BCUT2D eigenvalue weighted by Crippen LogP contribution is -2.31. The zero-order valence-corrected chi connectivity index (χ0v) is 12.7. The van der Waals surface area contributed by atoms with Crippen LogP contribution in [0.3, 0.4) is 0 Å². The minimum absolute atomic E-state index is 0.455. The first-order valence-electron chi connectivity index (χ1n) is 7.07. The van der Waals surface area contributed by atoms with Crippen LogP contribution in [-0.4, -0.2) is 24.1 Å². The molecule has 0 aliphatic carbocycles. The Hall–Kier alpha value is -1.35. The van der Waals surface area contributed by atoms with Crippen LogP contribution in [0.4, 0.5) is 5.69 Å². The number of nitrogens with one attached hydrogen (secondary N) is 1. The zero-order chi connectivity index (χ0) is 14.3. The highest BCUT2D eigenvalue weighted by Gasteiger charge is 2.09. The Morgan fingerprint density at radius 1 is 1.37 bits per heavy atom. The van der Waals surface area contributed by atoms with Crippen molar-refractivity contribution in [2.45, 2.75) is 40.3 Å². The molecule has 0 amide bonds. The third kappa shape index (κ3) is 5.43. The van der Waals surface area contributed by atoms with Crippen molar-refractivity contribution >= 4 is 5.69 Å². The molecule has 0 fully saturated rings. The molecule has 106 valence electrons. The van der Waals surface area contributed by atoms with Gasteiger partial charge >= 0.3 is 0 Å². The largest absolute Gasteiger partial charge is 0.365 e. The summed E-state index contributed by atoms with van der Waals surface area (Å²) < 4.78 is 0. The average molecular weight is 261 g/mol. The molecule has 3 nitrogen and oxygen atoms in total. The molecule has 1 rings (SSSR count). The van der Waals surface area contributed by atoms with Gasteiger partial charge < -0.3 is 10.2 Å². The van der Waals surface area contributed by atoms with Gasteiger partial charge in [0.25, 0.3) is 0 Å². The molecule has 0 saturated carbocycles. The summed E-state index contributed by atoms with van der Waals surface area (Å²) >= 11 is 0. The highest BCUT2D eigenvalue weighted by molar-refractivity contribution is 5.48. The predicted molar refractivity (Wildman–Crippen MR) is 83.5 cm³/mol. The fraction of sp³-hybridized carbons (Fsp3) is 0.562. The van der Waals surface area contributed by atoms with Crippen molar-refractivity contribution in [3.63, 3.8) is 0 Å². The molecule has 19 heavy (non-hydrogen) atoms. The van der Waals surface area contributed by atoms with Crippen LogP contribution in [0.15, 0.2) is 31.0 Å². The van der Waals surface area contributed by atoms with Gasteiger partial charge in [-0.15, -0.1) is 6.58 Å². The van der Waals surface area contributed by atoms with Crippen LogP contribution in [0.1, 0.15) is 33.4 Å². The van der Waals surface area contributed by atoms with Crippen LogP contribution in [0.5, 0.6) is 0 Å². The Labute approximate surface area is 117 Å². The van der Waals surface area contributed by atoms with Crippen molar-refractivity contribution in [2.75, 3.05) is 18.0 Å². The van der Waals surface area contributed by atoms with E-state index in [1.165, 1.54) is 5.69 Å². The zero-order valence-electron chi connectivity index (χ0n) is 12.7. The van der Waals surface area contributed by atoms with E-state index >= 15 is 0 Å². The van der Waals surface area contributed by atoms with Gasteiger partial charge in [0, 0.05) is 31.0 Å². The van der Waals surface area contributed by atoms with Gasteiger partial charge in [-0.2, -0.15) is 0 Å². The summed E-state index contributed by atoms with van der Waals surface area (Å²) in [6.07, 6.45) is 3.83. The second-order valence-corrected chi connectivity index (χ2v) is 5.56. The second-order valence-electron chi connectivity index (χ2n) is 5.56. The van der Waals surface area contributed by atoms with Crippen LogP contribution in [0, 0.1) is 5.92 Å². The molecule has 1 aromatic rings. The molecule has 0 aliphatic heterocycles. The summed E-state index contributed by atoms with van der Waals surface area (Å²) in [5.41, 5.74) is 2.30. The molecular weight excluding hydrogens is 234 g/mol. The predicted octanol–water partition coefficient (Wildman–Crippen LogP) is 3.23. The van der Waals surface area contributed by atoms with Gasteiger partial charge in [-0.3, -0.25) is 4.98 Å². The molecule has 0 saturated heterocycles. The van der Waals surface area contributed by atoms with Gasteiger partial charge in [0.2, 0.25) is 0 Å². The summed E-state index contributed by atoms with van der Waals surface area (Å²) in [5.74, 6) is 0.663.